The minimum atomic E-state index is 0.0811. The average molecular weight is 313 g/mol. The molecule has 2 nitrogen and oxygen atoms in total. The molecule has 2 heteroatoms. The van der Waals surface area contributed by atoms with Crippen LogP contribution in [0.5, 0.6) is 0 Å². The maximum Gasteiger partial charge on any atom is 0.111 e. The summed E-state index contributed by atoms with van der Waals surface area (Å²) in [5.41, 5.74) is 0. The van der Waals surface area contributed by atoms with Crippen molar-refractivity contribution in [2.45, 2.75) is 103 Å². The highest BCUT2D eigenvalue weighted by Crippen LogP contribution is 2.14. The monoisotopic (exact) mass is 312 g/mol. The number of aliphatic hydroxyl groups excluding tert-OH is 1. The van der Waals surface area contributed by atoms with E-state index in [-0.39, 0.29) is 6.61 Å². The molecule has 22 heavy (non-hydrogen) atoms. The summed E-state index contributed by atoms with van der Waals surface area (Å²) in [6.07, 6.45) is 20.3. The molecule has 0 aliphatic carbocycles. The van der Waals surface area contributed by atoms with E-state index in [0.717, 1.165) is 12.2 Å². The summed E-state index contributed by atoms with van der Waals surface area (Å²) in [5.74, 6) is 0.827. The van der Waals surface area contributed by atoms with Gasteiger partial charge in [0.05, 0.1) is 12.4 Å². The van der Waals surface area contributed by atoms with Gasteiger partial charge in [-0.25, -0.2) is 0 Å². The zero-order valence-corrected chi connectivity index (χ0v) is 15.1. The molecular formula is C20H40O2. The van der Waals surface area contributed by atoms with Gasteiger partial charge in [0.25, 0.3) is 0 Å². The van der Waals surface area contributed by atoms with Crippen molar-refractivity contribution < 1.29 is 9.84 Å². The lowest BCUT2D eigenvalue weighted by Gasteiger charge is -2.07. The van der Waals surface area contributed by atoms with E-state index in [1.165, 1.54) is 89.9 Å². The fourth-order valence-electron chi connectivity index (χ4n) is 2.78. The Labute approximate surface area is 139 Å². The summed E-state index contributed by atoms with van der Waals surface area (Å²) < 4.78 is 5.26. The zero-order chi connectivity index (χ0) is 16.3. The first kappa shape index (κ1) is 21.5. The van der Waals surface area contributed by atoms with Crippen LogP contribution >= 0.6 is 0 Å². The fourth-order valence-corrected chi connectivity index (χ4v) is 2.78. The second-order valence-corrected chi connectivity index (χ2v) is 6.46. The van der Waals surface area contributed by atoms with Crippen molar-refractivity contribution in [3.8, 4) is 0 Å². The molecule has 0 aromatic carbocycles. The summed E-state index contributed by atoms with van der Waals surface area (Å²) >= 11 is 0. The lowest BCUT2D eigenvalue weighted by Crippen LogP contribution is -1.98. The summed E-state index contributed by atoms with van der Waals surface area (Å²) in [7, 11) is 0. The van der Waals surface area contributed by atoms with Crippen LogP contribution in [0.3, 0.4) is 0 Å². The number of hydrogen-bond acceptors (Lipinski definition) is 2. The van der Waals surface area contributed by atoms with Gasteiger partial charge in [0.2, 0.25) is 0 Å². The Morgan fingerprint density at radius 1 is 0.727 bits per heavy atom. The molecule has 0 unspecified atom stereocenters. The second kappa shape index (κ2) is 18.5. The van der Waals surface area contributed by atoms with E-state index in [2.05, 4.69) is 13.5 Å². The molecule has 0 atom stereocenters. The predicted octanol–water partition coefficient (Wildman–Crippen LogP) is 6.38. The van der Waals surface area contributed by atoms with E-state index < -0.39 is 0 Å². The van der Waals surface area contributed by atoms with Crippen molar-refractivity contribution in [3.05, 3.63) is 12.3 Å². The Morgan fingerprint density at radius 3 is 1.55 bits per heavy atom. The van der Waals surface area contributed by atoms with Gasteiger partial charge < -0.3 is 9.84 Å². The molecule has 0 fully saturated rings. The fraction of sp³-hybridized carbons (Fsp3) is 0.900. The predicted molar refractivity (Wildman–Crippen MR) is 97.1 cm³/mol. The Kier molecular flexibility index (Phi) is 18.1. The van der Waals surface area contributed by atoms with Crippen LogP contribution in [0, 0.1) is 0 Å². The Morgan fingerprint density at radius 2 is 1.14 bits per heavy atom. The van der Waals surface area contributed by atoms with E-state index in [4.69, 9.17) is 9.84 Å². The molecule has 0 saturated heterocycles. The summed E-state index contributed by atoms with van der Waals surface area (Å²) in [6, 6.07) is 0. The average Bonchev–Trinajstić information content (AvgIpc) is 2.53. The van der Waals surface area contributed by atoms with Gasteiger partial charge in [-0.2, -0.15) is 0 Å². The third kappa shape index (κ3) is 17.6. The van der Waals surface area contributed by atoms with E-state index in [1.807, 2.05) is 0 Å². The van der Waals surface area contributed by atoms with Crippen molar-refractivity contribution in [1.29, 1.82) is 0 Å². The number of allylic oxidation sites excluding steroid dienone is 1. The minimum Gasteiger partial charge on any atom is -0.496 e. The lowest BCUT2D eigenvalue weighted by atomic mass is 10.0. The standard InChI is InChI=1S/C20H40O2/c1-3-4-5-6-7-8-9-10-11-12-13-14-15-16-17-20(2)22-19-18-21/h21H,2-19H2,1H3. The van der Waals surface area contributed by atoms with Crippen LogP contribution in [-0.4, -0.2) is 18.3 Å². The van der Waals surface area contributed by atoms with Crippen molar-refractivity contribution in [1.82, 2.24) is 0 Å². The van der Waals surface area contributed by atoms with Gasteiger partial charge in [-0.15, -0.1) is 0 Å². The third-order valence-corrected chi connectivity index (χ3v) is 4.21. The van der Waals surface area contributed by atoms with E-state index in [0.29, 0.717) is 6.61 Å². The molecule has 0 aromatic rings. The molecule has 0 saturated carbocycles. The van der Waals surface area contributed by atoms with E-state index >= 15 is 0 Å². The highest BCUT2D eigenvalue weighted by molar-refractivity contribution is 4.81. The molecule has 0 aliphatic rings. The zero-order valence-electron chi connectivity index (χ0n) is 15.1. The second-order valence-electron chi connectivity index (χ2n) is 6.46. The molecule has 0 aliphatic heterocycles. The van der Waals surface area contributed by atoms with Crippen LogP contribution in [0.15, 0.2) is 12.3 Å². The van der Waals surface area contributed by atoms with Gasteiger partial charge in [-0.1, -0.05) is 97.0 Å². The molecule has 0 aromatic heterocycles. The van der Waals surface area contributed by atoms with Crippen molar-refractivity contribution in [2.75, 3.05) is 13.2 Å². The maximum atomic E-state index is 8.64. The molecule has 0 amide bonds. The maximum absolute atomic E-state index is 8.64. The number of unbranched alkanes of at least 4 members (excludes halogenated alkanes) is 13. The first-order valence-electron chi connectivity index (χ1n) is 9.72. The van der Waals surface area contributed by atoms with Crippen LogP contribution in [0.1, 0.15) is 103 Å². The van der Waals surface area contributed by atoms with Crippen LogP contribution < -0.4 is 0 Å². The molecule has 0 rings (SSSR count). The smallest absolute Gasteiger partial charge is 0.111 e. The number of rotatable bonds is 18. The van der Waals surface area contributed by atoms with Gasteiger partial charge in [0.1, 0.15) is 6.61 Å². The van der Waals surface area contributed by atoms with Crippen molar-refractivity contribution in [2.24, 2.45) is 0 Å². The molecule has 0 radical (unpaired) electrons. The highest BCUT2D eigenvalue weighted by Gasteiger charge is 1.97. The minimum absolute atomic E-state index is 0.0811. The number of hydrogen-bond donors (Lipinski definition) is 1. The largest absolute Gasteiger partial charge is 0.496 e. The van der Waals surface area contributed by atoms with Gasteiger partial charge in [-0.3, -0.25) is 0 Å². The normalized spacial score (nSPS) is 10.8. The molecule has 1 N–H and O–H groups in total. The van der Waals surface area contributed by atoms with Crippen LogP contribution in [0.4, 0.5) is 0 Å². The molecule has 0 heterocycles. The molecule has 0 bridgehead atoms. The first-order chi connectivity index (χ1) is 10.8. The summed E-state index contributed by atoms with van der Waals surface area (Å²) in [4.78, 5) is 0. The van der Waals surface area contributed by atoms with Gasteiger partial charge >= 0.3 is 0 Å². The number of ether oxygens (including phenoxy) is 1. The first-order valence-corrected chi connectivity index (χ1v) is 9.72. The highest BCUT2D eigenvalue weighted by atomic mass is 16.5. The Bertz CT molecular complexity index is 226. The summed E-state index contributed by atoms with van der Waals surface area (Å²) in [5, 5.41) is 8.64. The summed E-state index contributed by atoms with van der Waals surface area (Å²) in [6.45, 7) is 6.60. The Hall–Kier alpha value is -0.500. The van der Waals surface area contributed by atoms with Crippen LogP contribution in [0.2, 0.25) is 0 Å². The van der Waals surface area contributed by atoms with Crippen molar-refractivity contribution >= 4 is 0 Å². The van der Waals surface area contributed by atoms with Gasteiger partial charge in [0.15, 0.2) is 0 Å². The molecule has 132 valence electrons. The molecular weight excluding hydrogens is 272 g/mol. The Balaban J connectivity index is 3.04. The quantitative estimate of drug-likeness (QED) is 0.235. The van der Waals surface area contributed by atoms with Gasteiger partial charge in [0, 0.05) is 6.42 Å². The third-order valence-electron chi connectivity index (χ3n) is 4.21. The number of aliphatic hydroxyl groups is 1. The van der Waals surface area contributed by atoms with E-state index in [9.17, 15) is 0 Å². The van der Waals surface area contributed by atoms with Gasteiger partial charge in [-0.05, 0) is 6.42 Å². The molecule has 0 spiro atoms. The topological polar surface area (TPSA) is 29.5 Å². The van der Waals surface area contributed by atoms with E-state index in [1.54, 1.807) is 0 Å². The van der Waals surface area contributed by atoms with Crippen LogP contribution in [-0.2, 0) is 4.74 Å². The lowest BCUT2D eigenvalue weighted by molar-refractivity contribution is 0.139. The SMILES string of the molecule is C=C(CCCCCCCCCCCCCCCC)OCCO. The van der Waals surface area contributed by atoms with Crippen LogP contribution in [0.25, 0.3) is 0 Å². The van der Waals surface area contributed by atoms with Crippen molar-refractivity contribution in [3.63, 3.8) is 0 Å².